The highest BCUT2D eigenvalue weighted by molar-refractivity contribution is 6.00. The lowest BCUT2D eigenvalue weighted by Crippen LogP contribution is -2.40. The van der Waals surface area contributed by atoms with Gasteiger partial charge in [0.05, 0.1) is 11.8 Å². The van der Waals surface area contributed by atoms with Gasteiger partial charge in [-0.15, -0.1) is 0 Å². The van der Waals surface area contributed by atoms with Crippen molar-refractivity contribution in [1.29, 1.82) is 0 Å². The molecule has 1 aliphatic rings. The minimum absolute atomic E-state index is 0.173. The fourth-order valence-electron chi connectivity index (χ4n) is 2.11. The second kappa shape index (κ2) is 5.38. The molecule has 0 bridgehead atoms. The number of fused-ring (bicyclic) bond motifs is 1. The average molecular weight is 265 g/mol. The first kappa shape index (κ1) is 13.5. The number of benzene rings is 1. The Labute approximate surface area is 111 Å². The van der Waals surface area contributed by atoms with Gasteiger partial charge in [-0.3, -0.25) is 9.59 Å². The van der Waals surface area contributed by atoms with Crippen LogP contribution in [0.25, 0.3) is 0 Å². The lowest BCUT2D eigenvalue weighted by atomic mass is 10.0. The minimum Gasteiger partial charge on any atom is -0.462 e. The molecule has 0 spiro atoms. The number of hydrogen-bond donors (Lipinski definition) is 0. The number of nitrogens with zero attached hydrogens (tertiary/aromatic N) is 1. The summed E-state index contributed by atoms with van der Waals surface area (Å²) in [6, 6.07) is 4.30. The van der Waals surface area contributed by atoms with Gasteiger partial charge in [-0.1, -0.05) is 6.07 Å². The van der Waals surface area contributed by atoms with E-state index in [1.165, 1.54) is 17.0 Å². The second-order valence-corrected chi connectivity index (χ2v) is 4.79. The van der Waals surface area contributed by atoms with Gasteiger partial charge >= 0.3 is 5.97 Å². The molecule has 0 aliphatic carbocycles. The van der Waals surface area contributed by atoms with Gasteiger partial charge in [0.15, 0.2) is 0 Å². The van der Waals surface area contributed by atoms with E-state index in [1.807, 2.05) is 0 Å². The van der Waals surface area contributed by atoms with Crippen molar-refractivity contribution < 1.29 is 18.7 Å². The van der Waals surface area contributed by atoms with Crippen LogP contribution in [0.1, 0.15) is 25.8 Å². The number of amides is 1. The maximum Gasteiger partial charge on any atom is 0.326 e. The van der Waals surface area contributed by atoms with E-state index in [0.717, 1.165) is 5.56 Å². The molecular formula is C14H16FNO3. The molecule has 1 aliphatic heterocycles. The summed E-state index contributed by atoms with van der Waals surface area (Å²) in [4.78, 5) is 24.8. The standard InChI is InChI=1S/C14H16FNO3/c1-9(2)19-14(18)8-16-12-7-11(15)5-3-10(12)4-6-13(16)17/h3,5,7,9H,4,6,8H2,1-2H3. The highest BCUT2D eigenvalue weighted by atomic mass is 19.1. The lowest BCUT2D eigenvalue weighted by Gasteiger charge is -2.28. The molecule has 0 atom stereocenters. The van der Waals surface area contributed by atoms with Gasteiger partial charge in [-0.25, -0.2) is 4.39 Å². The molecule has 19 heavy (non-hydrogen) atoms. The number of ether oxygens (including phenoxy) is 1. The SMILES string of the molecule is CC(C)OC(=O)CN1C(=O)CCc2ccc(F)cc21. The zero-order chi connectivity index (χ0) is 14.0. The molecule has 1 aromatic rings. The van der Waals surface area contributed by atoms with Crippen molar-refractivity contribution in [3.05, 3.63) is 29.6 Å². The van der Waals surface area contributed by atoms with E-state index >= 15 is 0 Å². The Bertz CT molecular complexity index is 513. The predicted molar refractivity (Wildman–Crippen MR) is 68.3 cm³/mol. The van der Waals surface area contributed by atoms with Crippen molar-refractivity contribution in [2.45, 2.75) is 32.8 Å². The summed E-state index contributed by atoms with van der Waals surface area (Å²) in [6.45, 7) is 3.31. The van der Waals surface area contributed by atoms with E-state index < -0.39 is 11.8 Å². The van der Waals surface area contributed by atoms with Crippen molar-refractivity contribution in [2.75, 3.05) is 11.4 Å². The van der Waals surface area contributed by atoms with Crippen molar-refractivity contribution in [2.24, 2.45) is 0 Å². The summed E-state index contributed by atoms with van der Waals surface area (Å²) in [5.74, 6) is -1.09. The first-order valence-electron chi connectivity index (χ1n) is 6.25. The Hall–Kier alpha value is -1.91. The quantitative estimate of drug-likeness (QED) is 0.786. The summed E-state index contributed by atoms with van der Waals surface area (Å²) < 4.78 is 18.3. The van der Waals surface area contributed by atoms with Gasteiger partial charge in [0.25, 0.3) is 0 Å². The molecule has 0 saturated heterocycles. The van der Waals surface area contributed by atoms with Gasteiger partial charge < -0.3 is 9.64 Å². The fraction of sp³-hybridized carbons (Fsp3) is 0.429. The van der Waals surface area contributed by atoms with Gasteiger partial charge in [0, 0.05) is 6.42 Å². The van der Waals surface area contributed by atoms with Crippen LogP contribution in [0.5, 0.6) is 0 Å². The van der Waals surface area contributed by atoms with Crippen LogP contribution in [-0.2, 0) is 20.7 Å². The molecule has 5 heteroatoms. The molecule has 0 aromatic heterocycles. The largest absolute Gasteiger partial charge is 0.462 e. The molecule has 4 nitrogen and oxygen atoms in total. The summed E-state index contributed by atoms with van der Waals surface area (Å²) >= 11 is 0. The van der Waals surface area contributed by atoms with Gasteiger partial charge in [0.1, 0.15) is 12.4 Å². The van der Waals surface area contributed by atoms with Crippen molar-refractivity contribution in [1.82, 2.24) is 0 Å². The number of aryl methyl sites for hydroxylation is 1. The molecule has 1 amide bonds. The monoisotopic (exact) mass is 265 g/mol. The number of esters is 1. The molecule has 0 saturated carbocycles. The molecular weight excluding hydrogens is 249 g/mol. The Morgan fingerprint density at radius 1 is 1.42 bits per heavy atom. The number of anilines is 1. The molecule has 1 aromatic carbocycles. The van der Waals surface area contributed by atoms with Crippen LogP contribution in [0.4, 0.5) is 10.1 Å². The summed E-state index contributed by atoms with van der Waals surface area (Å²) in [5, 5.41) is 0. The third-order valence-electron chi connectivity index (χ3n) is 2.90. The predicted octanol–water partition coefficient (Wildman–Crippen LogP) is 2.06. The van der Waals surface area contributed by atoms with Crippen LogP contribution in [0.2, 0.25) is 0 Å². The van der Waals surface area contributed by atoms with E-state index in [0.29, 0.717) is 18.5 Å². The van der Waals surface area contributed by atoms with E-state index in [4.69, 9.17) is 4.74 Å². The number of halogens is 1. The fourth-order valence-corrected chi connectivity index (χ4v) is 2.11. The van der Waals surface area contributed by atoms with Crippen LogP contribution < -0.4 is 4.90 Å². The highest BCUT2D eigenvalue weighted by Gasteiger charge is 2.27. The third kappa shape index (κ3) is 3.10. The summed E-state index contributed by atoms with van der Waals surface area (Å²) in [6.07, 6.45) is 0.664. The van der Waals surface area contributed by atoms with Crippen LogP contribution in [0.3, 0.4) is 0 Å². The zero-order valence-corrected chi connectivity index (χ0v) is 11.0. The van der Waals surface area contributed by atoms with E-state index in [1.54, 1.807) is 19.9 Å². The van der Waals surface area contributed by atoms with Gasteiger partial charge in [-0.2, -0.15) is 0 Å². The van der Waals surface area contributed by atoms with Crippen molar-refractivity contribution >= 4 is 17.6 Å². The topological polar surface area (TPSA) is 46.6 Å². The average Bonchev–Trinajstić information content (AvgIpc) is 2.32. The molecule has 1 heterocycles. The third-order valence-corrected chi connectivity index (χ3v) is 2.90. The Morgan fingerprint density at radius 2 is 2.16 bits per heavy atom. The van der Waals surface area contributed by atoms with Crippen LogP contribution >= 0.6 is 0 Å². The summed E-state index contributed by atoms with van der Waals surface area (Å²) in [5.41, 5.74) is 1.34. The van der Waals surface area contributed by atoms with Crippen molar-refractivity contribution in [3.63, 3.8) is 0 Å². The van der Waals surface area contributed by atoms with E-state index in [9.17, 15) is 14.0 Å². The number of rotatable bonds is 3. The second-order valence-electron chi connectivity index (χ2n) is 4.79. The molecule has 0 N–H and O–H groups in total. The number of hydrogen-bond acceptors (Lipinski definition) is 3. The zero-order valence-electron chi connectivity index (χ0n) is 11.0. The molecule has 102 valence electrons. The normalized spacial score (nSPS) is 14.5. The molecule has 0 fully saturated rings. The van der Waals surface area contributed by atoms with E-state index in [2.05, 4.69) is 0 Å². The first-order chi connectivity index (χ1) is 8.97. The number of carbonyl (C=O) groups is 2. The smallest absolute Gasteiger partial charge is 0.326 e. The van der Waals surface area contributed by atoms with E-state index in [-0.39, 0.29) is 18.6 Å². The Kier molecular flexibility index (Phi) is 3.83. The minimum atomic E-state index is -0.486. The maximum absolute atomic E-state index is 13.3. The first-order valence-corrected chi connectivity index (χ1v) is 6.25. The Balaban J connectivity index is 2.23. The van der Waals surface area contributed by atoms with Crippen LogP contribution in [0.15, 0.2) is 18.2 Å². The molecule has 0 radical (unpaired) electrons. The van der Waals surface area contributed by atoms with Crippen LogP contribution in [0, 0.1) is 5.82 Å². The maximum atomic E-state index is 13.3. The Morgan fingerprint density at radius 3 is 2.84 bits per heavy atom. The number of carbonyl (C=O) groups excluding carboxylic acids is 2. The summed E-state index contributed by atoms with van der Waals surface area (Å²) in [7, 11) is 0. The van der Waals surface area contributed by atoms with Crippen LogP contribution in [-0.4, -0.2) is 24.5 Å². The molecule has 0 unspecified atom stereocenters. The van der Waals surface area contributed by atoms with Gasteiger partial charge in [-0.05, 0) is 38.0 Å². The molecule has 2 rings (SSSR count). The van der Waals surface area contributed by atoms with Crippen molar-refractivity contribution in [3.8, 4) is 0 Å². The highest BCUT2D eigenvalue weighted by Crippen LogP contribution is 2.28. The lowest BCUT2D eigenvalue weighted by molar-refractivity contribution is -0.146. The van der Waals surface area contributed by atoms with Gasteiger partial charge in [0.2, 0.25) is 5.91 Å².